The number of benzene rings is 2. The summed E-state index contributed by atoms with van der Waals surface area (Å²) in [5.41, 5.74) is 2.46. The van der Waals surface area contributed by atoms with E-state index in [-0.39, 0.29) is 18.4 Å². The van der Waals surface area contributed by atoms with Crippen LogP contribution in [0.2, 0.25) is 5.02 Å². The van der Waals surface area contributed by atoms with Crippen LogP contribution in [0.1, 0.15) is 5.56 Å². The summed E-state index contributed by atoms with van der Waals surface area (Å²) in [6.45, 7) is 0.00330. The molecule has 0 aromatic heterocycles. The molecule has 25 heavy (non-hydrogen) atoms. The van der Waals surface area contributed by atoms with E-state index in [1.54, 1.807) is 24.3 Å². The molecule has 2 rings (SSSR count). The maximum Gasteiger partial charge on any atom is 0.250 e. The number of ether oxygens (including phenoxy) is 1. The third-order valence-corrected chi connectivity index (χ3v) is 4.40. The highest BCUT2D eigenvalue weighted by Gasteiger charge is 2.05. The van der Waals surface area contributed by atoms with E-state index in [4.69, 9.17) is 16.3 Å². The van der Waals surface area contributed by atoms with Crippen molar-refractivity contribution in [3.63, 3.8) is 0 Å². The zero-order chi connectivity index (χ0) is 18.1. The van der Waals surface area contributed by atoms with Crippen molar-refractivity contribution in [2.75, 3.05) is 30.1 Å². The lowest BCUT2D eigenvalue weighted by Gasteiger charge is -2.08. The van der Waals surface area contributed by atoms with Crippen LogP contribution in [0.4, 0.5) is 11.4 Å². The Kier molecular flexibility index (Phi) is 7.78. The molecule has 5 nitrogen and oxygen atoms in total. The number of rotatable bonds is 8. The average Bonchev–Trinajstić information content (AvgIpc) is 2.59. The molecule has 0 bridgehead atoms. The zero-order valence-electron chi connectivity index (χ0n) is 13.8. The van der Waals surface area contributed by atoms with Crippen molar-refractivity contribution >= 4 is 46.6 Å². The second-order valence-electron chi connectivity index (χ2n) is 5.23. The molecule has 0 aliphatic heterocycles. The summed E-state index contributed by atoms with van der Waals surface area (Å²) in [6, 6.07) is 14.5. The van der Waals surface area contributed by atoms with E-state index in [0.29, 0.717) is 22.2 Å². The summed E-state index contributed by atoms with van der Waals surface area (Å²) in [5, 5.41) is 6.22. The van der Waals surface area contributed by atoms with Gasteiger partial charge in [0.2, 0.25) is 11.8 Å². The van der Waals surface area contributed by atoms with Crippen molar-refractivity contribution < 1.29 is 14.3 Å². The van der Waals surface area contributed by atoms with Gasteiger partial charge >= 0.3 is 0 Å². The van der Waals surface area contributed by atoms with Crippen LogP contribution in [-0.4, -0.2) is 31.3 Å². The molecule has 2 aromatic carbocycles. The lowest BCUT2D eigenvalue weighted by Crippen LogP contribution is -2.17. The number of hydrogen-bond donors (Lipinski definition) is 2. The number of thioether (sulfide) groups is 1. The first kappa shape index (κ1) is 19.3. The summed E-state index contributed by atoms with van der Waals surface area (Å²) >= 11 is 7.37. The van der Waals surface area contributed by atoms with Gasteiger partial charge in [0.05, 0.1) is 5.75 Å². The largest absolute Gasteiger partial charge is 0.375 e. The number of nitrogens with one attached hydrogen (secondary N) is 2. The van der Waals surface area contributed by atoms with Gasteiger partial charge in [-0.2, -0.15) is 0 Å². The minimum Gasteiger partial charge on any atom is -0.375 e. The number of anilines is 2. The molecule has 0 unspecified atom stereocenters. The standard InChI is InChI=1S/C18H19ClN2O3S/c1-24-10-17(22)20-15-6-8-16(9-7-15)21-18(23)12-25-11-13-2-4-14(19)5-3-13/h2-9H,10-12H2,1H3,(H,20,22)(H,21,23). The normalized spacial score (nSPS) is 10.3. The van der Waals surface area contributed by atoms with Crippen molar-refractivity contribution in [3.8, 4) is 0 Å². The molecule has 0 atom stereocenters. The lowest BCUT2D eigenvalue weighted by molar-refractivity contribution is -0.119. The van der Waals surface area contributed by atoms with Gasteiger partial charge in [-0.25, -0.2) is 0 Å². The molecule has 0 radical (unpaired) electrons. The van der Waals surface area contributed by atoms with Crippen molar-refractivity contribution in [1.82, 2.24) is 0 Å². The predicted octanol–water partition coefficient (Wildman–Crippen LogP) is 3.80. The van der Waals surface area contributed by atoms with Crippen molar-refractivity contribution in [2.24, 2.45) is 0 Å². The minimum atomic E-state index is -0.224. The fourth-order valence-electron chi connectivity index (χ4n) is 2.00. The predicted molar refractivity (Wildman–Crippen MR) is 103 cm³/mol. The fourth-order valence-corrected chi connectivity index (χ4v) is 2.92. The molecule has 0 saturated heterocycles. The Bertz CT molecular complexity index is 705. The number of methoxy groups -OCH3 is 1. The lowest BCUT2D eigenvalue weighted by atomic mass is 10.2. The Morgan fingerprint density at radius 2 is 1.52 bits per heavy atom. The summed E-state index contributed by atoms with van der Waals surface area (Å²) in [4.78, 5) is 23.4. The second-order valence-corrected chi connectivity index (χ2v) is 6.65. The third kappa shape index (κ3) is 7.17. The van der Waals surface area contributed by atoms with Crippen LogP contribution in [0.25, 0.3) is 0 Å². The van der Waals surface area contributed by atoms with Crippen LogP contribution in [0.3, 0.4) is 0 Å². The van der Waals surface area contributed by atoms with Crippen molar-refractivity contribution in [1.29, 1.82) is 0 Å². The number of halogens is 1. The van der Waals surface area contributed by atoms with Crippen LogP contribution in [0, 0.1) is 0 Å². The van der Waals surface area contributed by atoms with Gasteiger partial charge in [0, 0.05) is 29.3 Å². The highest BCUT2D eigenvalue weighted by molar-refractivity contribution is 7.99. The highest BCUT2D eigenvalue weighted by Crippen LogP contribution is 2.17. The Balaban J connectivity index is 1.74. The molecule has 0 aliphatic rings. The van der Waals surface area contributed by atoms with Gasteiger partial charge in [0.15, 0.2) is 0 Å². The first-order valence-corrected chi connectivity index (χ1v) is 9.11. The quantitative estimate of drug-likeness (QED) is 0.733. The van der Waals surface area contributed by atoms with Gasteiger partial charge in [-0.3, -0.25) is 9.59 Å². The zero-order valence-corrected chi connectivity index (χ0v) is 15.3. The third-order valence-electron chi connectivity index (χ3n) is 3.14. The molecule has 0 heterocycles. The molecule has 2 amide bonds. The van der Waals surface area contributed by atoms with Gasteiger partial charge < -0.3 is 15.4 Å². The summed E-state index contributed by atoms with van der Waals surface area (Å²) < 4.78 is 4.75. The molecule has 2 N–H and O–H groups in total. The van der Waals surface area contributed by atoms with Crippen LogP contribution in [-0.2, 0) is 20.1 Å². The molecule has 0 fully saturated rings. The molecule has 2 aromatic rings. The summed E-state index contributed by atoms with van der Waals surface area (Å²) in [7, 11) is 1.46. The average molecular weight is 379 g/mol. The number of carbonyl (C=O) groups excluding carboxylic acids is 2. The molecule has 0 aliphatic carbocycles. The van der Waals surface area contributed by atoms with Crippen LogP contribution in [0.15, 0.2) is 48.5 Å². The summed E-state index contributed by atoms with van der Waals surface area (Å²) in [5.74, 6) is 0.803. The first-order chi connectivity index (χ1) is 12.1. The maximum absolute atomic E-state index is 12.0. The Hall–Kier alpha value is -2.02. The van der Waals surface area contributed by atoms with Gasteiger partial charge in [0.1, 0.15) is 6.61 Å². The molecular formula is C18H19ClN2O3S. The van der Waals surface area contributed by atoms with Crippen LogP contribution in [0.5, 0.6) is 0 Å². The maximum atomic E-state index is 12.0. The van der Waals surface area contributed by atoms with Gasteiger partial charge in [-0.1, -0.05) is 23.7 Å². The van der Waals surface area contributed by atoms with E-state index in [2.05, 4.69) is 10.6 Å². The Labute approximate surface area is 156 Å². The van der Waals surface area contributed by atoms with Gasteiger partial charge in [-0.05, 0) is 42.0 Å². The molecular weight excluding hydrogens is 360 g/mol. The van der Waals surface area contributed by atoms with E-state index in [0.717, 1.165) is 11.3 Å². The van der Waals surface area contributed by atoms with Gasteiger partial charge in [0.25, 0.3) is 0 Å². The molecule has 0 spiro atoms. The number of carbonyl (C=O) groups is 2. The van der Waals surface area contributed by atoms with E-state index >= 15 is 0 Å². The van der Waals surface area contributed by atoms with E-state index < -0.39 is 0 Å². The topological polar surface area (TPSA) is 67.4 Å². The monoisotopic (exact) mass is 378 g/mol. The van der Waals surface area contributed by atoms with Crippen molar-refractivity contribution in [3.05, 3.63) is 59.1 Å². The SMILES string of the molecule is COCC(=O)Nc1ccc(NC(=O)CSCc2ccc(Cl)cc2)cc1. The van der Waals surface area contributed by atoms with Crippen LogP contribution < -0.4 is 10.6 Å². The Morgan fingerprint density at radius 1 is 0.960 bits per heavy atom. The van der Waals surface area contributed by atoms with E-state index in [9.17, 15) is 9.59 Å². The van der Waals surface area contributed by atoms with E-state index in [1.807, 2.05) is 24.3 Å². The molecule has 132 valence electrons. The fraction of sp³-hybridized carbons (Fsp3) is 0.222. The number of hydrogen-bond acceptors (Lipinski definition) is 4. The summed E-state index contributed by atoms with van der Waals surface area (Å²) in [6.07, 6.45) is 0. The van der Waals surface area contributed by atoms with Crippen LogP contribution >= 0.6 is 23.4 Å². The molecule has 7 heteroatoms. The van der Waals surface area contributed by atoms with Gasteiger partial charge in [-0.15, -0.1) is 11.8 Å². The Morgan fingerprint density at radius 3 is 2.08 bits per heavy atom. The smallest absolute Gasteiger partial charge is 0.250 e. The second kappa shape index (κ2) is 10.1. The highest BCUT2D eigenvalue weighted by atomic mass is 35.5. The molecule has 0 saturated carbocycles. The van der Waals surface area contributed by atoms with E-state index in [1.165, 1.54) is 18.9 Å². The number of amides is 2. The minimum absolute atomic E-state index is 0.00330. The van der Waals surface area contributed by atoms with Crippen molar-refractivity contribution in [2.45, 2.75) is 5.75 Å². The first-order valence-electron chi connectivity index (χ1n) is 7.57.